The molecular weight excluding hydrogens is 1150 g/mol. The van der Waals surface area contributed by atoms with Crippen LogP contribution in [0.4, 0.5) is 34.1 Å². The SMILES string of the molecule is [2H]c1c([2H])c([2H])c(-c2ccc3c(c2)N(c2c(-c4ccccc4)cc(C(C)(C)C)cc2-c2ccccc2)c2cc(-c4cccc(C(C)(C)C)c4)cc4c2B3c2ccc(-c3c([2H])c([2H])c([2H])c([2H])c3[2H])cc2N4c2c(-c3ccccc3)cccc2-c2nc(-c3ccccc3)nc(-c3ccccc3)n2)c([2H])c1[2H]. The third-order valence-corrected chi connectivity index (χ3v) is 18.4. The van der Waals surface area contributed by atoms with E-state index in [2.05, 4.69) is 167 Å². The fourth-order valence-electron chi connectivity index (χ4n) is 13.6. The minimum absolute atomic E-state index is 0.0242. The molecule has 2 aliphatic rings. The summed E-state index contributed by atoms with van der Waals surface area (Å²) >= 11 is 0. The van der Waals surface area contributed by atoms with Gasteiger partial charge in [-0.15, -0.1) is 0 Å². The van der Waals surface area contributed by atoms with Crippen LogP contribution >= 0.6 is 0 Å². The fourth-order valence-corrected chi connectivity index (χ4v) is 13.6. The quantitative estimate of drug-likeness (QED) is 0.121. The Morgan fingerprint density at radius 1 is 0.284 bits per heavy atom. The van der Waals surface area contributed by atoms with Gasteiger partial charge in [0.1, 0.15) is 0 Å². The third-order valence-electron chi connectivity index (χ3n) is 18.4. The van der Waals surface area contributed by atoms with E-state index in [4.69, 9.17) is 23.2 Å². The number of hydrogen-bond donors (Lipinski definition) is 0. The van der Waals surface area contributed by atoms with Crippen LogP contribution < -0.4 is 26.2 Å². The van der Waals surface area contributed by atoms with E-state index < -0.39 is 43.0 Å². The molecular formula is C89H70BN5. The van der Waals surface area contributed by atoms with Gasteiger partial charge in [0.25, 0.3) is 6.71 Å². The maximum absolute atomic E-state index is 9.61. The second kappa shape index (κ2) is 23.9. The number of rotatable bonds is 11. The summed E-state index contributed by atoms with van der Waals surface area (Å²) in [6.07, 6.45) is 0. The Kier molecular flexibility index (Phi) is 12.2. The Hall–Kier alpha value is -11.5. The van der Waals surface area contributed by atoms with E-state index in [1.165, 1.54) is 0 Å². The molecule has 5 nitrogen and oxygen atoms in total. The predicted octanol–water partition coefficient (Wildman–Crippen LogP) is 21.6. The number of benzene rings is 13. The zero-order valence-electron chi connectivity index (χ0n) is 63.6. The van der Waals surface area contributed by atoms with Crippen molar-refractivity contribution in [2.24, 2.45) is 0 Å². The second-order valence-corrected chi connectivity index (χ2v) is 26.4. The van der Waals surface area contributed by atoms with Gasteiger partial charge in [-0.25, -0.2) is 15.0 Å². The Bertz CT molecular complexity index is 5660. The van der Waals surface area contributed by atoms with Crippen LogP contribution in [0.1, 0.15) is 66.4 Å². The molecule has 95 heavy (non-hydrogen) atoms. The molecule has 0 unspecified atom stereocenters. The predicted molar refractivity (Wildman–Crippen MR) is 400 cm³/mol. The highest BCUT2D eigenvalue weighted by Gasteiger charge is 2.46. The average Bonchev–Trinajstić information content (AvgIpc) is 0.686. The van der Waals surface area contributed by atoms with Crippen LogP contribution in [-0.2, 0) is 10.8 Å². The molecule has 14 aromatic rings. The van der Waals surface area contributed by atoms with E-state index in [0.717, 1.165) is 100 Å². The van der Waals surface area contributed by atoms with Crippen LogP contribution in [0.25, 0.3) is 101 Å². The van der Waals surface area contributed by atoms with Crippen LogP contribution in [0, 0.1) is 0 Å². The van der Waals surface area contributed by atoms with E-state index in [-0.39, 0.29) is 46.1 Å². The van der Waals surface area contributed by atoms with Crippen molar-refractivity contribution in [2.45, 2.75) is 52.4 Å². The third kappa shape index (κ3) is 10.8. The van der Waals surface area contributed by atoms with Gasteiger partial charge in [0.2, 0.25) is 0 Å². The largest absolute Gasteiger partial charge is 0.310 e. The molecule has 0 aliphatic carbocycles. The maximum atomic E-state index is 9.61. The van der Waals surface area contributed by atoms with Crippen molar-refractivity contribution in [3.63, 3.8) is 0 Å². The molecule has 3 heterocycles. The second-order valence-electron chi connectivity index (χ2n) is 26.4. The van der Waals surface area contributed by atoms with Crippen LogP contribution in [0.3, 0.4) is 0 Å². The Labute approximate surface area is 572 Å². The molecule has 16 rings (SSSR count). The maximum Gasteiger partial charge on any atom is 0.252 e. The smallest absolute Gasteiger partial charge is 0.252 e. The summed E-state index contributed by atoms with van der Waals surface area (Å²) in [6, 6.07) is 82.3. The van der Waals surface area contributed by atoms with Gasteiger partial charge in [0.05, 0.1) is 25.1 Å². The minimum atomic E-state index is -0.668. The fraction of sp³-hybridized carbons (Fsp3) is 0.0899. The molecule has 0 saturated carbocycles. The molecule has 0 atom stereocenters. The number of para-hydroxylation sites is 1. The summed E-state index contributed by atoms with van der Waals surface area (Å²) in [6.45, 7) is 12.6. The zero-order chi connectivity index (χ0) is 73.1. The van der Waals surface area contributed by atoms with E-state index in [1.807, 2.05) is 140 Å². The molecule has 0 spiro atoms. The van der Waals surface area contributed by atoms with Gasteiger partial charge in [0, 0.05) is 56.1 Å². The van der Waals surface area contributed by atoms with Crippen molar-refractivity contribution in [3.05, 3.63) is 326 Å². The normalized spacial score (nSPS) is 13.9. The molecule has 0 bridgehead atoms. The van der Waals surface area contributed by atoms with Crippen molar-refractivity contribution in [1.29, 1.82) is 0 Å². The highest BCUT2D eigenvalue weighted by Crippen LogP contribution is 2.55. The summed E-state index contributed by atoms with van der Waals surface area (Å²) in [5.41, 5.74) is 18.5. The topological polar surface area (TPSA) is 45.2 Å². The minimum Gasteiger partial charge on any atom is -0.310 e. The lowest BCUT2D eigenvalue weighted by Crippen LogP contribution is -2.61. The van der Waals surface area contributed by atoms with Crippen molar-refractivity contribution in [3.8, 4) is 101 Å². The summed E-state index contributed by atoms with van der Waals surface area (Å²) in [4.78, 5) is 20.8. The van der Waals surface area contributed by atoms with Crippen molar-refractivity contribution >= 4 is 57.2 Å². The lowest BCUT2D eigenvalue weighted by atomic mass is 9.33. The molecule has 13 aromatic carbocycles. The van der Waals surface area contributed by atoms with Crippen LogP contribution in [0.2, 0.25) is 0 Å². The van der Waals surface area contributed by atoms with E-state index >= 15 is 0 Å². The van der Waals surface area contributed by atoms with Crippen LogP contribution in [0.5, 0.6) is 0 Å². The summed E-state index contributed by atoms with van der Waals surface area (Å²) in [7, 11) is 0. The highest BCUT2D eigenvalue weighted by atomic mass is 15.2. The Morgan fingerprint density at radius 3 is 1.11 bits per heavy atom. The summed E-state index contributed by atoms with van der Waals surface area (Å²) < 4.78 is 92.3. The van der Waals surface area contributed by atoms with Gasteiger partial charge in [-0.1, -0.05) is 314 Å². The van der Waals surface area contributed by atoms with Gasteiger partial charge < -0.3 is 9.80 Å². The first-order valence-electron chi connectivity index (χ1n) is 37.2. The van der Waals surface area contributed by atoms with Gasteiger partial charge in [-0.2, -0.15) is 0 Å². The number of nitrogens with zero attached hydrogens (tertiary/aromatic N) is 5. The van der Waals surface area contributed by atoms with Crippen molar-refractivity contribution in [1.82, 2.24) is 15.0 Å². The molecule has 0 saturated heterocycles. The van der Waals surface area contributed by atoms with Crippen molar-refractivity contribution < 1.29 is 13.7 Å². The number of fused-ring (bicyclic) bond motifs is 4. The highest BCUT2D eigenvalue weighted by molar-refractivity contribution is 7.00. The van der Waals surface area contributed by atoms with Crippen molar-refractivity contribution in [2.75, 3.05) is 9.80 Å². The Morgan fingerprint density at radius 2 is 0.653 bits per heavy atom. The van der Waals surface area contributed by atoms with E-state index in [9.17, 15) is 5.48 Å². The number of anilines is 6. The van der Waals surface area contributed by atoms with Gasteiger partial charge >= 0.3 is 0 Å². The molecule has 0 fully saturated rings. The van der Waals surface area contributed by atoms with Crippen LogP contribution in [-0.4, -0.2) is 21.7 Å². The molecule has 2 aliphatic heterocycles. The monoisotopic (exact) mass is 1230 g/mol. The van der Waals surface area contributed by atoms with Gasteiger partial charge in [-0.3, -0.25) is 0 Å². The molecule has 0 amide bonds. The first-order chi connectivity index (χ1) is 50.5. The lowest BCUT2D eigenvalue weighted by Gasteiger charge is -2.46. The molecule has 6 heteroatoms. The van der Waals surface area contributed by atoms with Crippen LogP contribution in [0.15, 0.2) is 315 Å². The van der Waals surface area contributed by atoms with E-state index in [1.54, 1.807) is 0 Å². The number of hydrogen-bond acceptors (Lipinski definition) is 5. The number of aromatic nitrogens is 3. The zero-order valence-corrected chi connectivity index (χ0v) is 53.6. The molecule has 1 aromatic heterocycles. The molecule has 454 valence electrons. The summed E-state index contributed by atoms with van der Waals surface area (Å²) in [5.74, 6) is 1.27. The Balaban J connectivity index is 1.13. The average molecular weight is 1230 g/mol. The first-order valence-corrected chi connectivity index (χ1v) is 32.2. The van der Waals surface area contributed by atoms with Gasteiger partial charge in [-0.05, 0) is 131 Å². The van der Waals surface area contributed by atoms with E-state index in [0.29, 0.717) is 51.2 Å². The van der Waals surface area contributed by atoms with Gasteiger partial charge in [0.15, 0.2) is 17.5 Å². The lowest BCUT2D eigenvalue weighted by molar-refractivity contribution is 0.590. The molecule has 0 N–H and O–H groups in total. The molecule has 0 radical (unpaired) electrons. The first kappa shape index (κ1) is 48.3. The summed E-state index contributed by atoms with van der Waals surface area (Å²) in [5, 5.41) is 0. The standard InChI is InChI=1S/C89H70BN5/c1-88(2,3)70-45-28-44-66(52-70)69-55-80-82-81(56-69)95(84-74(62-36-20-10-21-37-62)57-71(89(4,5)6)58-75(84)63-38-22-11-23-39-63)79-54-68(60-32-16-8-17-33-60)49-51-77(79)90(82)76-50-48-67(59-30-14-7-15-31-59)53-78(76)94(80)83-72(61-34-18-9-19-35-61)46-29-47-73(83)87-92-85(64-40-24-12-25-41-64)91-86(93-87)65-42-26-13-27-43-65/h7-58H,1-6H3/i7D,8D,14D,15D,16D,17D,30D,31D,32D,33D.